The van der Waals surface area contributed by atoms with E-state index in [2.05, 4.69) is 27.6 Å². The van der Waals surface area contributed by atoms with Gasteiger partial charge >= 0.3 is 11.9 Å². The molecular weight excluding hydrogens is 495 g/mol. The molecule has 29 heavy (non-hydrogen) atoms. The maximum Gasteiger partial charge on any atom is 0.337 e. The summed E-state index contributed by atoms with van der Waals surface area (Å²) in [6, 6.07) is 13.1. The highest BCUT2D eigenvalue weighted by Crippen LogP contribution is 2.44. The lowest BCUT2D eigenvalue weighted by atomic mass is 9.98. The molecule has 0 spiro atoms. The van der Waals surface area contributed by atoms with E-state index in [0.29, 0.717) is 5.75 Å². The van der Waals surface area contributed by atoms with Gasteiger partial charge < -0.3 is 14.2 Å². The number of ether oxygens (including phenoxy) is 3. The largest absolute Gasteiger partial charge is 0.481 e. The Labute approximate surface area is 179 Å². The summed E-state index contributed by atoms with van der Waals surface area (Å²) >= 11 is 2.12. The van der Waals surface area contributed by atoms with Crippen LogP contribution in [0.2, 0.25) is 0 Å². The zero-order chi connectivity index (χ0) is 21.0. The van der Waals surface area contributed by atoms with Gasteiger partial charge in [-0.15, -0.1) is 0 Å². The summed E-state index contributed by atoms with van der Waals surface area (Å²) in [6.45, 7) is 0. The smallest absolute Gasteiger partial charge is 0.337 e. The van der Waals surface area contributed by atoms with Crippen LogP contribution in [0, 0.1) is 3.57 Å². The second-order valence-corrected chi connectivity index (χ2v) is 7.14. The van der Waals surface area contributed by atoms with Crippen molar-refractivity contribution in [2.45, 2.75) is 5.92 Å². The molecule has 0 saturated carbocycles. The van der Waals surface area contributed by atoms with E-state index in [9.17, 15) is 4.79 Å². The first-order valence-electron chi connectivity index (χ1n) is 8.40. The van der Waals surface area contributed by atoms with Gasteiger partial charge in [0.15, 0.2) is 0 Å². The summed E-state index contributed by atoms with van der Waals surface area (Å²) in [5, 5.41) is 0. The molecule has 0 radical (unpaired) electrons. The van der Waals surface area contributed by atoms with Gasteiger partial charge in [-0.1, -0.05) is 0 Å². The summed E-state index contributed by atoms with van der Waals surface area (Å²) in [4.78, 5) is 15.8. The quantitative estimate of drug-likeness (QED) is 0.327. The van der Waals surface area contributed by atoms with Crippen LogP contribution in [0.25, 0.3) is 0 Å². The van der Waals surface area contributed by atoms with Crippen molar-refractivity contribution in [1.29, 1.82) is 0 Å². The molecule has 0 atom stereocenters. The normalized spacial score (nSPS) is 11.1. The molecule has 0 aliphatic carbocycles. The van der Waals surface area contributed by atoms with Crippen LogP contribution in [0.3, 0.4) is 0 Å². The van der Waals surface area contributed by atoms with Gasteiger partial charge in [0, 0.05) is 9.77 Å². The fraction of sp³-hybridized carbons (Fsp3) is 0.143. The number of nitrogens with zero attached hydrogens (tertiary/aromatic N) is 1. The third kappa shape index (κ3) is 4.47. The minimum atomic E-state index is -3.49. The van der Waals surface area contributed by atoms with Crippen molar-refractivity contribution in [1.82, 2.24) is 4.98 Å². The predicted molar refractivity (Wildman–Crippen MR) is 111 cm³/mol. The Hall–Kier alpha value is -2.75. The van der Waals surface area contributed by atoms with E-state index in [1.165, 1.54) is 44.7 Å². The Bertz CT molecular complexity index is 1030. The molecule has 0 N–H and O–H groups in total. The van der Waals surface area contributed by atoms with Crippen molar-refractivity contribution in [2.24, 2.45) is 0 Å². The Balaban J connectivity index is 2.13. The van der Waals surface area contributed by atoms with Gasteiger partial charge in [0.05, 0.1) is 30.9 Å². The molecular formula is C21H16F2INO4. The predicted octanol–water partition coefficient (Wildman–Crippen LogP) is 5.41. The Morgan fingerprint density at radius 2 is 1.76 bits per heavy atom. The van der Waals surface area contributed by atoms with E-state index < -0.39 is 23.0 Å². The van der Waals surface area contributed by atoms with Crippen LogP contribution in [-0.4, -0.2) is 25.2 Å². The number of carbonyl (C=O) groups is 1. The number of hydrogen-bond acceptors (Lipinski definition) is 5. The van der Waals surface area contributed by atoms with E-state index in [-0.39, 0.29) is 17.2 Å². The molecule has 5 nitrogen and oxygen atoms in total. The number of alkyl halides is 2. The molecule has 150 valence electrons. The van der Waals surface area contributed by atoms with Crippen molar-refractivity contribution in [3.63, 3.8) is 0 Å². The minimum absolute atomic E-state index is 0.0886. The second-order valence-electron chi connectivity index (χ2n) is 5.89. The average Bonchev–Trinajstić information content (AvgIpc) is 2.74. The molecule has 8 heteroatoms. The van der Waals surface area contributed by atoms with Gasteiger partial charge in [-0.25, -0.2) is 9.78 Å². The van der Waals surface area contributed by atoms with Crippen LogP contribution < -0.4 is 9.47 Å². The maximum atomic E-state index is 15.5. The van der Waals surface area contributed by atoms with Crippen LogP contribution in [0.5, 0.6) is 17.4 Å². The van der Waals surface area contributed by atoms with Crippen LogP contribution >= 0.6 is 22.6 Å². The number of esters is 1. The number of pyridine rings is 1. The molecule has 0 aliphatic heterocycles. The van der Waals surface area contributed by atoms with E-state index in [4.69, 9.17) is 14.2 Å². The topological polar surface area (TPSA) is 57.7 Å². The van der Waals surface area contributed by atoms with Crippen LogP contribution in [0.15, 0.2) is 60.8 Å². The van der Waals surface area contributed by atoms with E-state index in [1.54, 1.807) is 24.3 Å². The van der Waals surface area contributed by atoms with Crippen molar-refractivity contribution < 1.29 is 27.8 Å². The van der Waals surface area contributed by atoms with E-state index >= 15 is 8.78 Å². The molecule has 3 rings (SSSR count). The maximum absolute atomic E-state index is 15.5. The van der Waals surface area contributed by atoms with Gasteiger partial charge in [-0.05, 0) is 77.2 Å². The molecule has 0 bridgehead atoms. The second kappa shape index (κ2) is 8.73. The summed E-state index contributed by atoms with van der Waals surface area (Å²) < 4.78 is 47.3. The zero-order valence-electron chi connectivity index (χ0n) is 15.5. The van der Waals surface area contributed by atoms with Gasteiger partial charge in [-0.3, -0.25) is 0 Å². The SMILES string of the molecule is COC(=O)c1ccc(C(F)(F)c2cccnc2OC)c(Oc2ccc(I)cc2)c1. The highest BCUT2D eigenvalue weighted by atomic mass is 127. The van der Waals surface area contributed by atoms with Crippen molar-refractivity contribution in [3.05, 3.63) is 81.1 Å². The van der Waals surface area contributed by atoms with Crippen LogP contribution in [-0.2, 0) is 10.7 Å². The molecule has 1 heterocycles. The lowest BCUT2D eigenvalue weighted by Crippen LogP contribution is -2.18. The fourth-order valence-electron chi connectivity index (χ4n) is 2.68. The van der Waals surface area contributed by atoms with Crippen molar-refractivity contribution in [3.8, 4) is 17.4 Å². The first-order chi connectivity index (χ1) is 13.9. The first-order valence-corrected chi connectivity index (χ1v) is 9.48. The summed E-state index contributed by atoms with van der Waals surface area (Å²) in [5.74, 6) is -4.18. The summed E-state index contributed by atoms with van der Waals surface area (Å²) in [7, 11) is 2.48. The van der Waals surface area contributed by atoms with Gasteiger partial charge in [0.1, 0.15) is 11.5 Å². The number of carbonyl (C=O) groups excluding carboxylic acids is 1. The molecule has 3 aromatic rings. The number of benzene rings is 2. The molecule has 0 saturated heterocycles. The molecule has 0 aliphatic rings. The molecule has 0 unspecified atom stereocenters. The Morgan fingerprint density at radius 3 is 2.41 bits per heavy atom. The highest BCUT2D eigenvalue weighted by molar-refractivity contribution is 14.1. The monoisotopic (exact) mass is 511 g/mol. The molecule has 0 fully saturated rings. The third-order valence-electron chi connectivity index (χ3n) is 4.09. The van der Waals surface area contributed by atoms with E-state index in [0.717, 1.165) is 9.64 Å². The molecule has 1 aromatic heterocycles. The van der Waals surface area contributed by atoms with Gasteiger partial charge in [0.2, 0.25) is 5.88 Å². The average molecular weight is 511 g/mol. The van der Waals surface area contributed by atoms with Crippen LogP contribution in [0.4, 0.5) is 8.78 Å². The number of aromatic nitrogens is 1. The number of halogens is 3. The number of rotatable bonds is 6. The summed E-state index contributed by atoms with van der Waals surface area (Å²) in [6.07, 6.45) is 1.36. The van der Waals surface area contributed by atoms with Crippen molar-refractivity contribution in [2.75, 3.05) is 14.2 Å². The molecule has 0 amide bonds. The lowest BCUT2D eigenvalue weighted by Gasteiger charge is -2.22. The van der Waals surface area contributed by atoms with Gasteiger partial charge in [0.25, 0.3) is 0 Å². The first kappa shape index (κ1) is 21.0. The Kier molecular flexibility index (Phi) is 6.31. The highest BCUT2D eigenvalue weighted by Gasteiger charge is 2.40. The van der Waals surface area contributed by atoms with Gasteiger partial charge in [-0.2, -0.15) is 8.78 Å². The zero-order valence-corrected chi connectivity index (χ0v) is 17.6. The summed E-state index contributed by atoms with van der Waals surface area (Å²) in [5.41, 5.74) is -0.763. The van der Waals surface area contributed by atoms with E-state index in [1.807, 2.05) is 0 Å². The van der Waals surface area contributed by atoms with Crippen LogP contribution in [0.1, 0.15) is 21.5 Å². The third-order valence-corrected chi connectivity index (χ3v) is 4.80. The number of hydrogen-bond donors (Lipinski definition) is 0. The Morgan fingerprint density at radius 1 is 1.03 bits per heavy atom. The lowest BCUT2D eigenvalue weighted by molar-refractivity contribution is 0.0371. The number of methoxy groups -OCH3 is 2. The standard InChI is InChI=1S/C21H16F2INO4/c1-27-19-17(4-3-11-25-19)21(22,23)16-10-5-13(20(26)28-2)12-18(16)29-15-8-6-14(24)7-9-15/h3-12H,1-2H3. The van der Waals surface area contributed by atoms with Crippen molar-refractivity contribution >= 4 is 28.6 Å². The molecule has 2 aromatic carbocycles. The minimum Gasteiger partial charge on any atom is -0.481 e. The fourth-order valence-corrected chi connectivity index (χ4v) is 3.04.